The Labute approximate surface area is 218 Å². The minimum absolute atomic E-state index is 0.0848. The second-order valence-electron chi connectivity index (χ2n) is 13.7. The summed E-state index contributed by atoms with van der Waals surface area (Å²) in [6.07, 6.45) is 3.90. The van der Waals surface area contributed by atoms with Gasteiger partial charge in [0.1, 0.15) is 19.0 Å². The first-order chi connectivity index (χ1) is 16.5. The van der Waals surface area contributed by atoms with Gasteiger partial charge in [0, 0.05) is 13.0 Å². The van der Waals surface area contributed by atoms with Crippen molar-refractivity contribution in [2.24, 2.45) is 22.2 Å². The van der Waals surface area contributed by atoms with Crippen LogP contribution in [0.1, 0.15) is 93.1 Å². The summed E-state index contributed by atoms with van der Waals surface area (Å²) < 4.78 is 16.0. The van der Waals surface area contributed by atoms with Gasteiger partial charge in [-0.15, -0.1) is 0 Å². The van der Waals surface area contributed by atoms with E-state index >= 15 is 0 Å². The first-order valence-corrected chi connectivity index (χ1v) is 13.2. The Hall–Kier alpha value is -2.24. The molecule has 0 bridgehead atoms. The van der Waals surface area contributed by atoms with Crippen LogP contribution >= 0.6 is 0 Å². The smallest absolute Gasteiger partial charge is 0.407 e. The number of carbonyl (C=O) groups is 2. The molecule has 1 amide bonds. The molecule has 1 aliphatic carbocycles. The van der Waals surface area contributed by atoms with E-state index in [4.69, 9.17) is 14.2 Å². The van der Waals surface area contributed by atoms with Crippen LogP contribution in [0.3, 0.4) is 0 Å². The lowest BCUT2D eigenvalue weighted by molar-refractivity contribution is -0.142. The molecule has 6 nitrogen and oxygen atoms in total. The fourth-order valence-corrected chi connectivity index (χ4v) is 6.51. The third-order valence-corrected chi connectivity index (χ3v) is 7.06. The molecule has 1 fully saturated rings. The molecule has 0 aliphatic heterocycles. The molecule has 0 heterocycles. The number of amides is 1. The summed E-state index contributed by atoms with van der Waals surface area (Å²) in [6.45, 7) is 18.9. The van der Waals surface area contributed by atoms with E-state index < -0.39 is 6.09 Å². The molecule has 36 heavy (non-hydrogen) atoms. The van der Waals surface area contributed by atoms with Gasteiger partial charge < -0.3 is 19.5 Å². The van der Waals surface area contributed by atoms with Crippen molar-refractivity contribution < 1.29 is 23.8 Å². The maximum atomic E-state index is 12.3. The molecule has 1 N–H and O–H groups in total. The number of methoxy groups -OCH3 is 1. The molecule has 0 saturated heterocycles. The molecule has 204 valence electrons. The number of ether oxygens (including phenoxy) is 3. The topological polar surface area (TPSA) is 73.9 Å². The van der Waals surface area contributed by atoms with Crippen molar-refractivity contribution in [2.75, 3.05) is 26.9 Å². The number of hydrogen-bond acceptors (Lipinski definition) is 5. The van der Waals surface area contributed by atoms with Crippen molar-refractivity contribution in [2.45, 2.75) is 92.9 Å². The molecular weight excluding hydrogens is 454 g/mol. The molecule has 1 aliphatic rings. The van der Waals surface area contributed by atoms with E-state index in [1.807, 2.05) is 12.1 Å². The van der Waals surface area contributed by atoms with Gasteiger partial charge in [-0.1, -0.05) is 67.5 Å². The maximum Gasteiger partial charge on any atom is 0.407 e. The van der Waals surface area contributed by atoms with Gasteiger partial charge in [-0.25, -0.2) is 4.79 Å². The van der Waals surface area contributed by atoms with Crippen molar-refractivity contribution in [3.63, 3.8) is 0 Å². The highest BCUT2D eigenvalue weighted by Crippen LogP contribution is 2.49. The summed E-state index contributed by atoms with van der Waals surface area (Å²) in [5.41, 5.74) is 1.63. The number of carbonyl (C=O) groups excluding carboxylic acids is 2. The lowest BCUT2D eigenvalue weighted by Gasteiger charge is -2.46. The molecule has 0 spiro atoms. The van der Waals surface area contributed by atoms with Gasteiger partial charge in [-0.05, 0) is 71.0 Å². The van der Waals surface area contributed by atoms with E-state index in [1.165, 1.54) is 12.7 Å². The van der Waals surface area contributed by atoms with Gasteiger partial charge in [-0.2, -0.15) is 0 Å². The quantitative estimate of drug-likeness (QED) is 0.278. The molecule has 6 heteroatoms. The summed E-state index contributed by atoms with van der Waals surface area (Å²) in [4.78, 5) is 24.1. The predicted octanol–water partition coefficient (Wildman–Crippen LogP) is 6.90. The van der Waals surface area contributed by atoms with Gasteiger partial charge in [-0.3, -0.25) is 4.79 Å². The van der Waals surface area contributed by atoms with Crippen LogP contribution < -0.4 is 10.1 Å². The Kier molecular flexibility index (Phi) is 9.89. The fraction of sp³-hybridized carbons (Fsp3) is 0.733. The molecule has 1 saturated carbocycles. The van der Waals surface area contributed by atoms with Crippen LogP contribution in [0.2, 0.25) is 0 Å². The lowest BCUT2D eigenvalue weighted by Crippen LogP contribution is -2.44. The van der Waals surface area contributed by atoms with Crippen LogP contribution in [0.5, 0.6) is 5.75 Å². The highest BCUT2D eigenvalue weighted by Gasteiger charge is 2.42. The summed E-state index contributed by atoms with van der Waals surface area (Å²) >= 11 is 0. The zero-order valence-corrected chi connectivity index (χ0v) is 24.1. The Balaban J connectivity index is 1.76. The van der Waals surface area contributed by atoms with E-state index in [9.17, 15) is 9.59 Å². The third kappa shape index (κ3) is 10.0. The first-order valence-electron chi connectivity index (χ1n) is 13.2. The molecule has 2 unspecified atom stereocenters. The highest BCUT2D eigenvalue weighted by molar-refractivity contribution is 5.69. The first kappa shape index (κ1) is 30.0. The Morgan fingerprint density at radius 2 is 1.64 bits per heavy atom. The molecule has 0 aromatic heterocycles. The zero-order valence-electron chi connectivity index (χ0n) is 24.1. The van der Waals surface area contributed by atoms with Crippen LogP contribution in [-0.2, 0) is 19.7 Å². The van der Waals surface area contributed by atoms with Crippen LogP contribution in [-0.4, -0.2) is 38.9 Å². The number of hydrogen-bond donors (Lipinski definition) is 1. The molecule has 2 rings (SSSR count). The Morgan fingerprint density at radius 3 is 2.22 bits per heavy atom. The minimum Gasteiger partial charge on any atom is -0.490 e. The van der Waals surface area contributed by atoms with Gasteiger partial charge in [0.15, 0.2) is 0 Å². The molecule has 2 atom stereocenters. The molecular formula is C30H49NO5. The predicted molar refractivity (Wildman–Crippen MR) is 144 cm³/mol. The van der Waals surface area contributed by atoms with Gasteiger partial charge in [0.05, 0.1) is 7.11 Å². The van der Waals surface area contributed by atoms with Gasteiger partial charge in [0.25, 0.3) is 0 Å². The SMILES string of the molecule is COC(=O)CC1CC(C)(C)CC(C)(CNC(=O)OCCOc2ccc(C(C)(C)CC(C)(C)C)cc2)C1. The van der Waals surface area contributed by atoms with Crippen LogP contribution in [0.4, 0.5) is 4.79 Å². The minimum atomic E-state index is -0.438. The number of alkyl carbamates (subject to hydrolysis) is 1. The third-order valence-electron chi connectivity index (χ3n) is 7.06. The number of benzene rings is 1. The summed E-state index contributed by atoms with van der Waals surface area (Å²) in [5, 5.41) is 2.93. The van der Waals surface area contributed by atoms with Crippen LogP contribution in [0.15, 0.2) is 24.3 Å². The fourth-order valence-electron chi connectivity index (χ4n) is 6.51. The number of rotatable bonds is 10. The second-order valence-corrected chi connectivity index (χ2v) is 13.7. The second kappa shape index (κ2) is 11.9. The van der Waals surface area contributed by atoms with Crippen molar-refractivity contribution >= 4 is 12.1 Å². The van der Waals surface area contributed by atoms with Crippen molar-refractivity contribution in [3.05, 3.63) is 29.8 Å². The monoisotopic (exact) mass is 503 g/mol. The van der Waals surface area contributed by atoms with E-state index in [2.05, 4.69) is 72.8 Å². The van der Waals surface area contributed by atoms with E-state index in [-0.39, 0.29) is 40.2 Å². The summed E-state index contributed by atoms with van der Waals surface area (Å²) in [5.74, 6) is 0.849. The van der Waals surface area contributed by atoms with Crippen LogP contribution in [0.25, 0.3) is 0 Å². The Bertz CT molecular complexity index is 868. The number of esters is 1. The van der Waals surface area contributed by atoms with Crippen LogP contribution in [0, 0.1) is 22.2 Å². The molecule has 1 aromatic carbocycles. The normalized spacial score (nSPS) is 22.0. The van der Waals surface area contributed by atoms with Gasteiger partial charge >= 0.3 is 12.1 Å². The van der Waals surface area contributed by atoms with Crippen molar-refractivity contribution in [1.29, 1.82) is 0 Å². The van der Waals surface area contributed by atoms with Gasteiger partial charge in [0.2, 0.25) is 0 Å². The lowest BCUT2D eigenvalue weighted by atomic mass is 9.60. The summed E-state index contributed by atoms with van der Waals surface area (Å²) in [6, 6.07) is 8.20. The van der Waals surface area contributed by atoms with E-state index in [1.54, 1.807) is 0 Å². The Morgan fingerprint density at radius 1 is 1.00 bits per heavy atom. The summed E-state index contributed by atoms with van der Waals surface area (Å²) in [7, 11) is 1.43. The zero-order chi connectivity index (χ0) is 27.2. The highest BCUT2D eigenvalue weighted by atomic mass is 16.6. The van der Waals surface area contributed by atoms with Crippen molar-refractivity contribution in [3.8, 4) is 5.75 Å². The molecule has 0 radical (unpaired) electrons. The largest absolute Gasteiger partial charge is 0.490 e. The molecule has 1 aromatic rings. The maximum absolute atomic E-state index is 12.3. The average molecular weight is 504 g/mol. The van der Waals surface area contributed by atoms with E-state index in [0.717, 1.165) is 31.4 Å². The standard InChI is InChI=1S/C30H49NO5/c1-27(2,3)19-29(6,7)23-10-12-24(13-11-23)35-14-15-36-26(33)31-21-30(8)18-22(16-25(32)34-9)17-28(4,5)20-30/h10-13,22H,14-21H2,1-9H3,(H,31,33). The van der Waals surface area contributed by atoms with Crippen molar-refractivity contribution in [1.82, 2.24) is 5.32 Å². The average Bonchev–Trinajstić information content (AvgIpc) is 2.72. The number of nitrogens with one attached hydrogen (secondary N) is 1. The van der Waals surface area contributed by atoms with E-state index in [0.29, 0.717) is 19.6 Å².